The van der Waals surface area contributed by atoms with Gasteiger partial charge in [-0.25, -0.2) is 9.97 Å². The fraction of sp³-hybridized carbons (Fsp3) is 0.472. The Bertz CT molecular complexity index is 2880. The highest BCUT2D eigenvalue weighted by Crippen LogP contribution is 2.34. The molecule has 6 aromatic rings. The molecule has 21 nitrogen and oxygen atoms in total. The number of methoxy groups -OCH3 is 2. The highest BCUT2D eigenvalue weighted by atomic mass is 16.5. The van der Waals surface area contributed by atoms with Crippen LogP contribution in [0.2, 0.25) is 0 Å². The number of nitrogens with zero attached hydrogens (tertiary/aromatic N) is 9. The van der Waals surface area contributed by atoms with Gasteiger partial charge in [-0.2, -0.15) is 0 Å². The Morgan fingerprint density at radius 2 is 1.07 bits per heavy atom. The van der Waals surface area contributed by atoms with Crippen LogP contribution < -0.4 is 20.1 Å². The summed E-state index contributed by atoms with van der Waals surface area (Å²) in [6, 6.07) is 17.6. The molecule has 7 rings (SSSR count). The lowest BCUT2D eigenvalue weighted by Crippen LogP contribution is -2.52. The van der Waals surface area contributed by atoms with Gasteiger partial charge in [0.05, 0.1) is 25.3 Å². The number of fused-ring (bicyclic) bond motifs is 2. The second-order valence-electron chi connectivity index (χ2n) is 18.2. The van der Waals surface area contributed by atoms with Crippen molar-refractivity contribution >= 4 is 57.0 Å². The number of Topliss-reactive ketones (excluding diaryl/α,β-unsaturated/α-hetero) is 2. The van der Waals surface area contributed by atoms with E-state index in [-0.39, 0.29) is 35.1 Å². The summed E-state index contributed by atoms with van der Waals surface area (Å²) in [5.41, 5.74) is 2.60. The first kappa shape index (κ1) is 55.6. The Balaban J connectivity index is 0.000000242. The summed E-state index contributed by atoms with van der Waals surface area (Å²) in [4.78, 5) is 87.5. The number of para-hydroxylation sites is 2. The molecule has 1 aliphatic rings. The maximum absolute atomic E-state index is 13.0. The number of benzene rings is 2. The maximum atomic E-state index is 13.0. The maximum Gasteiger partial charge on any atom is 0.311 e. The van der Waals surface area contributed by atoms with E-state index in [0.717, 1.165) is 47.5 Å². The number of aromatic nitrogens is 6. The van der Waals surface area contributed by atoms with Crippen molar-refractivity contribution in [3.05, 3.63) is 72.4 Å². The topological polar surface area (TPSA) is 258 Å². The predicted molar refractivity (Wildman–Crippen MR) is 274 cm³/mol. The first-order valence-corrected chi connectivity index (χ1v) is 25.1. The molecule has 21 heteroatoms. The second-order valence-corrected chi connectivity index (χ2v) is 18.2. The molecule has 0 saturated carbocycles. The zero-order chi connectivity index (χ0) is 53.1. The number of hydrogen-bond acceptors (Lipinski definition) is 17. The molecule has 394 valence electrons. The average Bonchev–Trinajstić information content (AvgIpc) is 4.13. The summed E-state index contributed by atoms with van der Waals surface area (Å²) in [7, 11) is 8.03. The number of carbonyl (C=O) groups excluding carboxylic acids is 6. The normalized spacial score (nSPS) is 13.4. The quantitative estimate of drug-likeness (QED) is 0.0535. The molecule has 2 atom stereocenters. The van der Waals surface area contributed by atoms with Crippen molar-refractivity contribution < 1.29 is 47.1 Å². The van der Waals surface area contributed by atoms with E-state index in [2.05, 4.69) is 45.9 Å². The number of piperazine rings is 1. The number of ether oxygens (including phenoxy) is 2. The smallest absolute Gasteiger partial charge is 0.311 e. The number of likely N-dealkylation sites (N-methyl/N-ethyl adjacent to an activating group) is 2. The van der Waals surface area contributed by atoms with Gasteiger partial charge in [0.1, 0.15) is 34.8 Å². The van der Waals surface area contributed by atoms with Crippen LogP contribution in [0.4, 0.5) is 0 Å². The van der Waals surface area contributed by atoms with Crippen LogP contribution in [-0.2, 0) is 28.8 Å². The lowest BCUT2D eigenvalue weighted by atomic mass is 10.0. The van der Waals surface area contributed by atoms with E-state index < -0.39 is 35.7 Å². The van der Waals surface area contributed by atoms with Crippen LogP contribution in [0.3, 0.4) is 0 Å². The Kier molecular flexibility index (Phi) is 20.6. The summed E-state index contributed by atoms with van der Waals surface area (Å²) in [5.74, 6) is -0.780. The Hall–Kier alpha value is -7.68. The summed E-state index contributed by atoms with van der Waals surface area (Å²) >= 11 is 0. The van der Waals surface area contributed by atoms with E-state index in [1.807, 2.05) is 81.6 Å². The largest absolute Gasteiger partial charge is 0.480 e. The van der Waals surface area contributed by atoms with E-state index in [0.29, 0.717) is 100 Å². The van der Waals surface area contributed by atoms with Gasteiger partial charge in [-0.05, 0) is 57.0 Å². The monoisotopic (exact) mass is 1020 g/mol. The third-order valence-corrected chi connectivity index (χ3v) is 12.6. The standard InChI is InChI=1S/C28H36N6O5.C25H31N5O5/c1-4-20(35)11-6-5-7-13-23(29-24(36)28(37)34-16-14-33(2)15-17-34)27-32-31-26(39-27)21-18-19-10-8-9-12-22(19)30-25(21)38-3;1-5-17(31)12-7-6-8-14-20(26-21(32)25(33)30(2)3)24-29-28-23(35-24)18-15-16-11-9-10-13-19(16)27-22(18)34-4/h8-10,12,18,23H,4-7,11,13-17H2,1-3H3,(H,29,36);9-11,13,15,20H,5-8,12,14H2,1-4H3,(H,26,32)/t23-;20-/m00/s1. The minimum atomic E-state index is -0.758. The molecule has 5 heterocycles. The lowest BCUT2D eigenvalue weighted by Gasteiger charge is -2.32. The SMILES string of the molecule is CCC(=O)CCCCC[C@H](NC(=O)C(=O)N(C)C)c1nnc(-c2cc3ccccc3nc2OC)o1.CCC(=O)CCCCC[C@H](NC(=O)C(=O)N1CCN(C)CC1)c1nnc(-c2cc3ccccc3nc2OC)o1. The number of rotatable bonds is 22. The fourth-order valence-electron chi connectivity index (χ4n) is 8.14. The van der Waals surface area contributed by atoms with Crippen molar-refractivity contribution in [1.82, 2.24) is 55.7 Å². The third-order valence-electron chi connectivity index (χ3n) is 12.6. The van der Waals surface area contributed by atoms with Crippen molar-refractivity contribution in [2.45, 2.75) is 103 Å². The van der Waals surface area contributed by atoms with Crippen LogP contribution in [0.15, 0.2) is 69.5 Å². The van der Waals surface area contributed by atoms with Crippen molar-refractivity contribution in [3.63, 3.8) is 0 Å². The lowest BCUT2D eigenvalue weighted by molar-refractivity contribution is -0.147. The molecule has 1 aliphatic heterocycles. The molecule has 4 aromatic heterocycles. The van der Waals surface area contributed by atoms with E-state index in [1.165, 1.54) is 33.2 Å². The fourth-order valence-corrected chi connectivity index (χ4v) is 8.14. The van der Waals surface area contributed by atoms with Gasteiger partial charge in [0.25, 0.3) is 11.8 Å². The summed E-state index contributed by atoms with van der Waals surface area (Å²) in [5, 5.41) is 24.1. The molecule has 0 radical (unpaired) electrons. The minimum absolute atomic E-state index is 0.180. The van der Waals surface area contributed by atoms with Gasteiger partial charge in [-0.15, -0.1) is 20.4 Å². The number of amides is 4. The number of ketones is 2. The van der Waals surface area contributed by atoms with Crippen LogP contribution in [-0.4, -0.2) is 142 Å². The highest BCUT2D eigenvalue weighted by molar-refractivity contribution is 6.35. The molecule has 0 spiro atoms. The molecule has 4 amide bonds. The van der Waals surface area contributed by atoms with E-state index in [9.17, 15) is 28.8 Å². The first-order valence-electron chi connectivity index (χ1n) is 25.1. The number of pyridine rings is 2. The zero-order valence-electron chi connectivity index (χ0n) is 43.3. The van der Waals surface area contributed by atoms with Crippen molar-refractivity contribution in [2.75, 3.05) is 61.5 Å². The molecule has 1 saturated heterocycles. The van der Waals surface area contributed by atoms with Gasteiger partial charge in [0.15, 0.2) is 0 Å². The number of carbonyl (C=O) groups is 6. The second kappa shape index (κ2) is 27.4. The molecular weight excluding hydrogens is 951 g/mol. The van der Waals surface area contributed by atoms with Gasteiger partial charge < -0.3 is 43.6 Å². The molecule has 74 heavy (non-hydrogen) atoms. The summed E-state index contributed by atoms with van der Waals surface area (Å²) in [6.07, 6.45) is 7.63. The highest BCUT2D eigenvalue weighted by Gasteiger charge is 2.30. The Morgan fingerprint density at radius 1 is 0.622 bits per heavy atom. The van der Waals surface area contributed by atoms with E-state index in [1.54, 1.807) is 4.90 Å². The Morgan fingerprint density at radius 3 is 1.50 bits per heavy atom. The molecule has 2 aromatic carbocycles. The van der Waals surface area contributed by atoms with Crippen LogP contribution >= 0.6 is 0 Å². The molecule has 1 fully saturated rings. The molecular formula is C53H67N11O10. The average molecular weight is 1020 g/mol. The molecule has 0 aliphatic carbocycles. The van der Waals surface area contributed by atoms with Crippen molar-refractivity contribution in [3.8, 4) is 34.7 Å². The van der Waals surface area contributed by atoms with Crippen LogP contribution in [0.25, 0.3) is 44.7 Å². The number of nitrogens with one attached hydrogen (secondary N) is 2. The number of hydrogen-bond donors (Lipinski definition) is 2. The van der Waals surface area contributed by atoms with Crippen molar-refractivity contribution in [1.29, 1.82) is 0 Å². The van der Waals surface area contributed by atoms with Crippen LogP contribution in [0.1, 0.15) is 115 Å². The van der Waals surface area contributed by atoms with E-state index >= 15 is 0 Å². The minimum Gasteiger partial charge on any atom is -0.480 e. The van der Waals surface area contributed by atoms with Gasteiger partial charge in [0.2, 0.25) is 23.5 Å². The van der Waals surface area contributed by atoms with E-state index in [4.69, 9.17) is 18.3 Å². The Labute approximate surface area is 430 Å². The molecule has 2 N–H and O–H groups in total. The zero-order valence-corrected chi connectivity index (χ0v) is 43.3. The molecule has 0 bridgehead atoms. The molecule has 0 unspecified atom stereocenters. The van der Waals surface area contributed by atoms with Crippen LogP contribution in [0.5, 0.6) is 11.8 Å². The van der Waals surface area contributed by atoms with Gasteiger partial charge >= 0.3 is 23.6 Å². The van der Waals surface area contributed by atoms with Gasteiger partial charge in [0, 0.05) is 76.7 Å². The first-order chi connectivity index (χ1) is 35.7. The summed E-state index contributed by atoms with van der Waals surface area (Å²) in [6.45, 7) is 6.14. The predicted octanol–water partition coefficient (Wildman–Crippen LogP) is 6.62. The van der Waals surface area contributed by atoms with Gasteiger partial charge in [-0.3, -0.25) is 28.8 Å². The third kappa shape index (κ3) is 15.2. The van der Waals surface area contributed by atoms with Crippen molar-refractivity contribution in [2.24, 2.45) is 0 Å². The van der Waals surface area contributed by atoms with Crippen LogP contribution in [0, 0.1) is 0 Å². The number of unbranched alkanes of at least 4 members (excludes halogenated alkanes) is 4. The van der Waals surface area contributed by atoms with Gasteiger partial charge in [-0.1, -0.05) is 75.9 Å². The summed E-state index contributed by atoms with van der Waals surface area (Å²) < 4.78 is 22.9.